The Morgan fingerprint density at radius 3 is 2.56 bits per heavy atom. The predicted molar refractivity (Wildman–Crippen MR) is 133 cm³/mol. The number of rotatable bonds is 9. The minimum atomic E-state index is -3.37. The van der Waals surface area contributed by atoms with Crippen molar-refractivity contribution in [3.05, 3.63) is 83.9 Å². The number of aryl methyl sites for hydroxylation is 2. The van der Waals surface area contributed by atoms with Crippen molar-refractivity contribution in [2.75, 3.05) is 18.8 Å². The average Bonchev–Trinajstić information content (AvgIpc) is 3.29. The lowest BCUT2D eigenvalue weighted by Crippen LogP contribution is -2.46. The molecule has 1 aliphatic rings. The van der Waals surface area contributed by atoms with Crippen molar-refractivity contribution in [1.82, 2.24) is 19.2 Å². The van der Waals surface area contributed by atoms with Crippen LogP contribution in [0.15, 0.2) is 67.0 Å². The maximum absolute atomic E-state index is 12.9. The highest BCUT2D eigenvalue weighted by atomic mass is 32.2. The van der Waals surface area contributed by atoms with Gasteiger partial charge in [0.15, 0.2) is 0 Å². The van der Waals surface area contributed by atoms with Crippen LogP contribution in [0.25, 0.3) is 5.69 Å². The highest BCUT2D eigenvalue weighted by Gasteiger charge is 2.31. The summed E-state index contributed by atoms with van der Waals surface area (Å²) in [5, 5.41) is 2.99. The first-order valence-corrected chi connectivity index (χ1v) is 13.4. The summed E-state index contributed by atoms with van der Waals surface area (Å²) < 4.78 is 29.2. The van der Waals surface area contributed by atoms with Crippen LogP contribution in [0.5, 0.6) is 0 Å². The summed E-state index contributed by atoms with van der Waals surface area (Å²) in [6.45, 7) is 3.12. The van der Waals surface area contributed by atoms with E-state index < -0.39 is 10.0 Å². The Morgan fingerprint density at radius 1 is 1.09 bits per heavy atom. The van der Waals surface area contributed by atoms with Gasteiger partial charge in [-0.15, -0.1) is 0 Å². The van der Waals surface area contributed by atoms with Crippen LogP contribution in [0, 0.1) is 12.8 Å². The van der Waals surface area contributed by atoms with E-state index in [0.717, 1.165) is 29.1 Å². The molecule has 0 unspecified atom stereocenters. The van der Waals surface area contributed by atoms with Crippen molar-refractivity contribution in [3.8, 4) is 5.69 Å². The molecule has 34 heavy (non-hydrogen) atoms. The number of hydrogen-bond acceptors (Lipinski definition) is 4. The third-order valence-electron chi connectivity index (χ3n) is 6.37. The first-order valence-electron chi connectivity index (χ1n) is 11.8. The lowest BCUT2D eigenvalue weighted by atomic mass is 9.99. The Hall–Kier alpha value is -2.97. The summed E-state index contributed by atoms with van der Waals surface area (Å²) in [7, 11) is -3.37. The maximum atomic E-state index is 12.9. The average molecular weight is 481 g/mol. The number of sulfonamides is 1. The van der Waals surface area contributed by atoms with Gasteiger partial charge in [0.2, 0.25) is 15.9 Å². The molecule has 1 amide bonds. The van der Waals surface area contributed by atoms with Gasteiger partial charge in [-0.25, -0.2) is 17.7 Å². The van der Waals surface area contributed by atoms with Crippen LogP contribution in [0.2, 0.25) is 0 Å². The van der Waals surface area contributed by atoms with E-state index in [-0.39, 0.29) is 24.1 Å². The molecule has 1 aliphatic heterocycles. The second kappa shape index (κ2) is 11.0. The third kappa shape index (κ3) is 6.12. The third-order valence-corrected chi connectivity index (χ3v) is 8.29. The zero-order chi connectivity index (χ0) is 24.0. The van der Waals surface area contributed by atoms with E-state index in [0.29, 0.717) is 32.4 Å². The summed E-state index contributed by atoms with van der Waals surface area (Å²) in [6.07, 6.45) is 6.40. The number of aromatic nitrogens is 2. The SMILES string of the molecule is Cc1nccn1-c1ccc(CNC(=O)[C@@H]2CCCN(S(=O)(=O)CCCc3ccccc3)C2)cc1. The summed E-state index contributed by atoms with van der Waals surface area (Å²) in [6, 6.07) is 17.9. The van der Waals surface area contributed by atoms with Crippen LogP contribution in [0.3, 0.4) is 0 Å². The molecule has 2 heterocycles. The Bertz CT molecular complexity index is 1190. The lowest BCUT2D eigenvalue weighted by Gasteiger charge is -2.31. The molecule has 0 aliphatic carbocycles. The quantitative estimate of drug-likeness (QED) is 0.508. The largest absolute Gasteiger partial charge is 0.352 e. The molecular weight excluding hydrogens is 448 g/mol. The van der Waals surface area contributed by atoms with Crippen molar-refractivity contribution < 1.29 is 13.2 Å². The van der Waals surface area contributed by atoms with E-state index in [9.17, 15) is 13.2 Å². The van der Waals surface area contributed by atoms with Gasteiger partial charge in [0.05, 0.1) is 11.7 Å². The molecule has 0 saturated carbocycles. The smallest absolute Gasteiger partial charge is 0.224 e. The summed E-state index contributed by atoms with van der Waals surface area (Å²) >= 11 is 0. The molecule has 180 valence electrons. The van der Waals surface area contributed by atoms with E-state index in [2.05, 4.69) is 10.3 Å². The molecule has 2 aromatic carbocycles. The predicted octanol–water partition coefficient (Wildman–Crippen LogP) is 3.47. The van der Waals surface area contributed by atoms with Gasteiger partial charge in [-0.2, -0.15) is 0 Å². The molecule has 1 N–H and O–H groups in total. The number of hydrogen-bond donors (Lipinski definition) is 1. The number of carbonyl (C=O) groups excluding carboxylic acids is 1. The fourth-order valence-corrected chi connectivity index (χ4v) is 5.98. The highest BCUT2D eigenvalue weighted by Crippen LogP contribution is 2.21. The van der Waals surface area contributed by atoms with Gasteiger partial charge in [0, 0.05) is 37.7 Å². The molecule has 0 radical (unpaired) electrons. The van der Waals surface area contributed by atoms with Gasteiger partial charge in [0.25, 0.3) is 0 Å². The van der Waals surface area contributed by atoms with Crippen molar-refractivity contribution in [3.63, 3.8) is 0 Å². The first-order chi connectivity index (χ1) is 16.4. The van der Waals surface area contributed by atoms with Crippen molar-refractivity contribution in [2.24, 2.45) is 5.92 Å². The topological polar surface area (TPSA) is 84.3 Å². The number of nitrogens with zero attached hydrogens (tertiary/aromatic N) is 3. The van der Waals surface area contributed by atoms with E-state index in [4.69, 9.17) is 0 Å². The molecule has 7 nitrogen and oxygen atoms in total. The van der Waals surface area contributed by atoms with Crippen LogP contribution in [-0.2, 0) is 27.8 Å². The van der Waals surface area contributed by atoms with E-state index in [1.165, 1.54) is 4.31 Å². The minimum Gasteiger partial charge on any atom is -0.352 e. The summed E-state index contributed by atoms with van der Waals surface area (Å²) in [5.41, 5.74) is 3.16. The second-order valence-electron chi connectivity index (χ2n) is 8.83. The van der Waals surface area contributed by atoms with Crippen LogP contribution in [-0.4, -0.2) is 47.0 Å². The van der Waals surface area contributed by atoms with Crippen molar-refractivity contribution in [2.45, 2.75) is 39.2 Å². The highest BCUT2D eigenvalue weighted by molar-refractivity contribution is 7.89. The Balaban J connectivity index is 1.27. The molecule has 1 saturated heterocycles. The summed E-state index contributed by atoms with van der Waals surface area (Å²) in [4.78, 5) is 17.0. The molecule has 1 atom stereocenters. The standard InChI is InChI=1S/C26H32N4O3S/c1-21-27-15-17-30(21)25-13-11-23(12-14-25)19-28-26(31)24-10-5-16-29(20-24)34(32,33)18-6-9-22-7-3-2-4-8-22/h2-4,7-8,11-15,17,24H,5-6,9-10,16,18-20H2,1H3,(H,28,31)/t24-/m1/s1. The van der Waals surface area contributed by atoms with Crippen LogP contribution in [0.4, 0.5) is 0 Å². The zero-order valence-corrected chi connectivity index (χ0v) is 20.4. The van der Waals surface area contributed by atoms with E-state index in [1.54, 1.807) is 6.20 Å². The fourth-order valence-electron chi connectivity index (χ4n) is 4.40. The van der Waals surface area contributed by atoms with Crippen LogP contribution in [0.1, 0.15) is 36.2 Å². The first kappa shape index (κ1) is 24.2. The molecular formula is C26H32N4O3S. The Kier molecular flexibility index (Phi) is 7.80. The van der Waals surface area contributed by atoms with E-state index in [1.807, 2.05) is 72.3 Å². The van der Waals surface area contributed by atoms with Crippen molar-refractivity contribution >= 4 is 15.9 Å². The van der Waals surface area contributed by atoms with Gasteiger partial charge in [-0.1, -0.05) is 42.5 Å². The molecule has 0 spiro atoms. The van der Waals surface area contributed by atoms with Crippen LogP contribution >= 0.6 is 0 Å². The number of carbonyl (C=O) groups is 1. The van der Waals surface area contributed by atoms with Crippen molar-refractivity contribution in [1.29, 1.82) is 0 Å². The minimum absolute atomic E-state index is 0.0845. The van der Waals surface area contributed by atoms with Crippen LogP contribution < -0.4 is 5.32 Å². The molecule has 1 aromatic heterocycles. The lowest BCUT2D eigenvalue weighted by molar-refractivity contribution is -0.126. The zero-order valence-electron chi connectivity index (χ0n) is 19.6. The molecule has 3 aromatic rings. The van der Waals surface area contributed by atoms with Gasteiger partial charge >= 0.3 is 0 Å². The monoisotopic (exact) mass is 480 g/mol. The molecule has 8 heteroatoms. The molecule has 1 fully saturated rings. The maximum Gasteiger partial charge on any atom is 0.224 e. The number of benzene rings is 2. The molecule has 4 rings (SSSR count). The van der Waals surface area contributed by atoms with Gasteiger partial charge in [-0.3, -0.25) is 4.79 Å². The Morgan fingerprint density at radius 2 is 1.85 bits per heavy atom. The molecule has 0 bridgehead atoms. The fraction of sp³-hybridized carbons (Fsp3) is 0.385. The number of piperidine rings is 1. The van der Waals surface area contributed by atoms with Gasteiger partial charge < -0.3 is 9.88 Å². The number of nitrogens with one attached hydrogen (secondary N) is 1. The Labute approximate surface area is 201 Å². The summed E-state index contributed by atoms with van der Waals surface area (Å²) in [5.74, 6) is 0.626. The second-order valence-corrected chi connectivity index (χ2v) is 10.9. The normalized spacial score (nSPS) is 16.9. The van der Waals surface area contributed by atoms with Gasteiger partial charge in [-0.05, 0) is 55.9 Å². The van der Waals surface area contributed by atoms with Gasteiger partial charge in [0.1, 0.15) is 5.82 Å². The van der Waals surface area contributed by atoms with E-state index >= 15 is 0 Å². The number of amides is 1. The number of imidazole rings is 1.